The molecular formula is C16H30N2O2. The van der Waals surface area contributed by atoms with Gasteiger partial charge in [0.1, 0.15) is 0 Å². The molecule has 4 nitrogen and oxygen atoms in total. The summed E-state index contributed by atoms with van der Waals surface area (Å²) in [6, 6.07) is 1.11. The second-order valence-corrected chi connectivity index (χ2v) is 7.29. The summed E-state index contributed by atoms with van der Waals surface area (Å²) < 4.78 is 5.70. The Morgan fingerprint density at radius 3 is 2.70 bits per heavy atom. The number of rotatable bonds is 6. The van der Waals surface area contributed by atoms with Gasteiger partial charge >= 0.3 is 0 Å². The van der Waals surface area contributed by atoms with Crippen LogP contribution in [0.4, 0.5) is 0 Å². The third kappa shape index (κ3) is 3.53. The number of hydrogen-bond acceptors (Lipinski definition) is 4. The van der Waals surface area contributed by atoms with E-state index < -0.39 is 0 Å². The zero-order chi connectivity index (χ0) is 14.0. The van der Waals surface area contributed by atoms with Crippen LogP contribution in [0.1, 0.15) is 44.9 Å². The SMILES string of the molecule is CN(CC1(CNC2CC2)CCOC1)C1CCCCC1O. The summed E-state index contributed by atoms with van der Waals surface area (Å²) in [6.07, 6.45) is 8.26. The third-order valence-corrected chi connectivity index (χ3v) is 5.37. The van der Waals surface area contributed by atoms with E-state index in [1.165, 1.54) is 25.7 Å². The van der Waals surface area contributed by atoms with Gasteiger partial charge in [-0.25, -0.2) is 0 Å². The maximum Gasteiger partial charge on any atom is 0.0695 e. The van der Waals surface area contributed by atoms with Crippen LogP contribution in [0.2, 0.25) is 0 Å². The second kappa shape index (κ2) is 6.30. The van der Waals surface area contributed by atoms with Crippen molar-refractivity contribution in [2.24, 2.45) is 5.41 Å². The first-order chi connectivity index (χ1) is 9.69. The number of aliphatic hydroxyl groups excluding tert-OH is 1. The highest BCUT2D eigenvalue weighted by atomic mass is 16.5. The number of nitrogens with zero attached hydrogens (tertiary/aromatic N) is 1. The van der Waals surface area contributed by atoms with Crippen molar-refractivity contribution < 1.29 is 9.84 Å². The Balaban J connectivity index is 1.56. The summed E-state index contributed by atoms with van der Waals surface area (Å²) in [6.45, 7) is 3.90. The Bertz CT molecular complexity index is 314. The molecule has 4 heteroatoms. The van der Waals surface area contributed by atoms with Crippen molar-refractivity contribution in [3.05, 3.63) is 0 Å². The Morgan fingerprint density at radius 2 is 2.05 bits per heavy atom. The van der Waals surface area contributed by atoms with Gasteiger partial charge in [0.05, 0.1) is 12.7 Å². The first-order valence-corrected chi connectivity index (χ1v) is 8.38. The molecule has 3 aliphatic rings. The van der Waals surface area contributed by atoms with Gasteiger partial charge in [-0.15, -0.1) is 0 Å². The lowest BCUT2D eigenvalue weighted by Gasteiger charge is -2.40. The molecule has 0 bridgehead atoms. The molecule has 2 aliphatic carbocycles. The van der Waals surface area contributed by atoms with Crippen molar-refractivity contribution in [3.63, 3.8) is 0 Å². The average molecular weight is 282 g/mol. The van der Waals surface area contributed by atoms with E-state index in [1.807, 2.05) is 0 Å². The molecule has 2 saturated carbocycles. The molecule has 20 heavy (non-hydrogen) atoms. The minimum atomic E-state index is -0.135. The third-order valence-electron chi connectivity index (χ3n) is 5.37. The smallest absolute Gasteiger partial charge is 0.0695 e. The highest BCUT2D eigenvalue weighted by molar-refractivity contribution is 4.93. The Morgan fingerprint density at radius 1 is 1.25 bits per heavy atom. The van der Waals surface area contributed by atoms with Gasteiger partial charge in [0.2, 0.25) is 0 Å². The maximum atomic E-state index is 10.2. The maximum absolute atomic E-state index is 10.2. The Kier molecular flexibility index (Phi) is 4.65. The van der Waals surface area contributed by atoms with Gasteiger partial charge in [-0.05, 0) is 39.2 Å². The summed E-state index contributed by atoms with van der Waals surface area (Å²) in [7, 11) is 2.19. The van der Waals surface area contributed by atoms with Crippen LogP contribution in [-0.4, -0.2) is 61.5 Å². The van der Waals surface area contributed by atoms with Crippen LogP contribution in [0.3, 0.4) is 0 Å². The number of aliphatic hydroxyl groups is 1. The van der Waals surface area contributed by atoms with E-state index in [1.54, 1.807) is 0 Å². The minimum Gasteiger partial charge on any atom is -0.391 e. The van der Waals surface area contributed by atoms with E-state index in [0.717, 1.165) is 51.6 Å². The fourth-order valence-electron chi connectivity index (χ4n) is 3.87. The summed E-state index contributed by atoms with van der Waals surface area (Å²) >= 11 is 0. The van der Waals surface area contributed by atoms with Gasteiger partial charge < -0.3 is 20.1 Å². The van der Waals surface area contributed by atoms with Gasteiger partial charge in [-0.2, -0.15) is 0 Å². The fourth-order valence-corrected chi connectivity index (χ4v) is 3.87. The molecule has 3 fully saturated rings. The largest absolute Gasteiger partial charge is 0.391 e. The van der Waals surface area contributed by atoms with E-state index in [4.69, 9.17) is 4.74 Å². The van der Waals surface area contributed by atoms with Gasteiger partial charge in [-0.3, -0.25) is 0 Å². The van der Waals surface area contributed by atoms with Crippen LogP contribution < -0.4 is 5.32 Å². The fraction of sp³-hybridized carbons (Fsp3) is 1.00. The normalized spacial score (nSPS) is 38.5. The molecule has 0 amide bonds. The van der Waals surface area contributed by atoms with Crippen molar-refractivity contribution in [2.45, 2.75) is 63.1 Å². The molecular weight excluding hydrogens is 252 g/mol. The molecule has 3 atom stereocenters. The summed E-state index contributed by atoms with van der Waals surface area (Å²) in [5.41, 5.74) is 0.258. The van der Waals surface area contributed by atoms with Gasteiger partial charge in [0.25, 0.3) is 0 Å². The first kappa shape index (κ1) is 14.8. The molecule has 1 heterocycles. The van der Waals surface area contributed by atoms with Crippen molar-refractivity contribution >= 4 is 0 Å². The summed E-state index contributed by atoms with van der Waals surface area (Å²) in [5.74, 6) is 0. The quantitative estimate of drug-likeness (QED) is 0.772. The molecule has 3 unspecified atom stereocenters. The van der Waals surface area contributed by atoms with Crippen LogP contribution in [0.25, 0.3) is 0 Å². The van der Waals surface area contributed by atoms with Crippen molar-refractivity contribution in [2.75, 3.05) is 33.4 Å². The number of nitrogens with one attached hydrogen (secondary N) is 1. The molecule has 0 aromatic rings. The highest BCUT2D eigenvalue weighted by Crippen LogP contribution is 2.33. The first-order valence-electron chi connectivity index (χ1n) is 8.38. The van der Waals surface area contributed by atoms with Gasteiger partial charge in [0, 0.05) is 37.2 Å². The van der Waals surface area contributed by atoms with E-state index in [0.29, 0.717) is 6.04 Å². The van der Waals surface area contributed by atoms with E-state index in [-0.39, 0.29) is 11.5 Å². The lowest BCUT2D eigenvalue weighted by atomic mass is 9.84. The Labute approximate surface area is 122 Å². The Hall–Kier alpha value is -0.160. The van der Waals surface area contributed by atoms with Crippen LogP contribution in [-0.2, 0) is 4.74 Å². The molecule has 0 spiro atoms. The second-order valence-electron chi connectivity index (χ2n) is 7.29. The van der Waals surface area contributed by atoms with E-state index in [2.05, 4.69) is 17.3 Å². The van der Waals surface area contributed by atoms with Crippen LogP contribution >= 0.6 is 0 Å². The van der Waals surface area contributed by atoms with Crippen LogP contribution in [0.5, 0.6) is 0 Å². The predicted octanol–water partition coefficient (Wildman–Crippen LogP) is 1.38. The standard InChI is InChI=1S/C16H30N2O2/c1-18(14-4-2-3-5-15(14)19)11-16(8-9-20-12-16)10-17-13-6-7-13/h13-15,17,19H,2-12H2,1H3. The van der Waals surface area contributed by atoms with Crippen molar-refractivity contribution in [1.82, 2.24) is 10.2 Å². The van der Waals surface area contributed by atoms with Gasteiger partial charge in [0.15, 0.2) is 0 Å². The van der Waals surface area contributed by atoms with Crippen molar-refractivity contribution in [3.8, 4) is 0 Å². The molecule has 1 aliphatic heterocycles. The lowest BCUT2D eigenvalue weighted by Crippen LogP contribution is -2.51. The zero-order valence-electron chi connectivity index (χ0n) is 12.8. The van der Waals surface area contributed by atoms with Crippen molar-refractivity contribution in [1.29, 1.82) is 0 Å². The van der Waals surface area contributed by atoms with Crippen LogP contribution in [0.15, 0.2) is 0 Å². The molecule has 0 aromatic heterocycles. The van der Waals surface area contributed by atoms with Gasteiger partial charge in [-0.1, -0.05) is 12.8 Å². The summed E-state index contributed by atoms with van der Waals surface area (Å²) in [5, 5.41) is 13.9. The molecule has 116 valence electrons. The molecule has 3 rings (SSSR count). The predicted molar refractivity (Wildman–Crippen MR) is 79.8 cm³/mol. The average Bonchev–Trinajstić information content (AvgIpc) is 3.17. The van der Waals surface area contributed by atoms with E-state index in [9.17, 15) is 5.11 Å². The number of ether oxygens (including phenoxy) is 1. The molecule has 0 aromatic carbocycles. The number of likely N-dealkylation sites (N-methyl/N-ethyl adjacent to an activating group) is 1. The van der Waals surface area contributed by atoms with Crippen LogP contribution in [0, 0.1) is 5.41 Å². The minimum absolute atomic E-state index is 0.135. The molecule has 0 radical (unpaired) electrons. The van der Waals surface area contributed by atoms with E-state index >= 15 is 0 Å². The number of hydrogen-bond donors (Lipinski definition) is 2. The highest BCUT2D eigenvalue weighted by Gasteiger charge is 2.39. The lowest BCUT2D eigenvalue weighted by molar-refractivity contribution is 0.00948. The monoisotopic (exact) mass is 282 g/mol. The topological polar surface area (TPSA) is 44.7 Å². The molecule has 2 N–H and O–H groups in total. The zero-order valence-corrected chi connectivity index (χ0v) is 12.8. The summed E-state index contributed by atoms with van der Waals surface area (Å²) in [4.78, 5) is 2.41. The molecule has 1 saturated heterocycles.